The van der Waals surface area contributed by atoms with Gasteiger partial charge in [0.25, 0.3) is 0 Å². The Labute approximate surface area is 162 Å². The van der Waals surface area contributed by atoms with E-state index in [4.69, 9.17) is 0 Å². The summed E-state index contributed by atoms with van der Waals surface area (Å²) in [5.41, 5.74) is 1.32. The predicted octanol–water partition coefficient (Wildman–Crippen LogP) is 2.49. The molecule has 0 spiro atoms. The topological polar surface area (TPSA) is 55.0 Å². The molecule has 2 aromatic heterocycles. The molecule has 7 nitrogen and oxygen atoms in total. The molecule has 4 heterocycles. The van der Waals surface area contributed by atoms with Gasteiger partial charge >= 0.3 is 0 Å². The number of aromatic nitrogens is 5. The maximum Gasteiger partial charge on any atom is 0.147 e. The summed E-state index contributed by atoms with van der Waals surface area (Å²) in [6.45, 7) is 12.9. The van der Waals surface area contributed by atoms with Crippen molar-refractivity contribution < 1.29 is 0 Å². The van der Waals surface area contributed by atoms with Gasteiger partial charge in [-0.2, -0.15) is 5.10 Å². The average molecular weight is 372 g/mol. The van der Waals surface area contributed by atoms with Crippen molar-refractivity contribution in [3.63, 3.8) is 0 Å². The van der Waals surface area contributed by atoms with E-state index in [0.29, 0.717) is 5.92 Å². The zero-order valence-corrected chi connectivity index (χ0v) is 16.8. The number of nitrogens with zero attached hydrogens (tertiary/aromatic N) is 7. The minimum Gasteiger partial charge on any atom is -0.314 e. The molecule has 0 amide bonds. The van der Waals surface area contributed by atoms with E-state index >= 15 is 0 Å². The van der Waals surface area contributed by atoms with Crippen molar-refractivity contribution in [2.24, 2.45) is 0 Å². The molecule has 0 radical (unpaired) electrons. The zero-order chi connectivity index (χ0) is 18.6. The third-order valence-electron chi connectivity index (χ3n) is 6.11. The lowest BCUT2D eigenvalue weighted by molar-refractivity contribution is 0.199. The van der Waals surface area contributed by atoms with E-state index in [-0.39, 0.29) is 0 Å². The SMILES string of the molecule is CCn1cc(CN2CCC(c3nnc(CN4CCCC4)n3CC)CC2)cn1. The van der Waals surface area contributed by atoms with Gasteiger partial charge in [0.2, 0.25) is 0 Å². The highest BCUT2D eigenvalue weighted by Crippen LogP contribution is 2.28. The summed E-state index contributed by atoms with van der Waals surface area (Å²) in [7, 11) is 0. The highest BCUT2D eigenvalue weighted by Gasteiger charge is 2.26. The van der Waals surface area contributed by atoms with Crippen LogP contribution in [0.3, 0.4) is 0 Å². The van der Waals surface area contributed by atoms with E-state index in [2.05, 4.69) is 49.7 Å². The fraction of sp³-hybridized carbons (Fsp3) is 0.750. The second-order valence-electron chi connectivity index (χ2n) is 7.96. The minimum absolute atomic E-state index is 0.541. The molecule has 0 N–H and O–H groups in total. The molecular weight excluding hydrogens is 338 g/mol. The Morgan fingerprint density at radius 2 is 1.67 bits per heavy atom. The van der Waals surface area contributed by atoms with Gasteiger partial charge in [-0.25, -0.2) is 0 Å². The van der Waals surface area contributed by atoms with E-state index in [1.807, 2.05) is 10.9 Å². The van der Waals surface area contributed by atoms with Gasteiger partial charge in [-0.05, 0) is 65.7 Å². The highest BCUT2D eigenvalue weighted by atomic mass is 15.3. The molecule has 0 aromatic carbocycles. The van der Waals surface area contributed by atoms with Crippen LogP contribution < -0.4 is 0 Å². The van der Waals surface area contributed by atoms with E-state index in [1.54, 1.807) is 0 Å². The maximum atomic E-state index is 4.63. The van der Waals surface area contributed by atoms with Crippen molar-refractivity contribution >= 4 is 0 Å². The van der Waals surface area contributed by atoms with Gasteiger partial charge in [-0.3, -0.25) is 14.5 Å². The third kappa shape index (κ3) is 4.24. The van der Waals surface area contributed by atoms with Gasteiger partial charge < -0.3 is 4.57 Å². The van der Waals surface area contributed by atoms with Crippen molar-refractivity contribution in [2.45, 2.75) is 71.6 Å². The van der Waals surface area contributed by atoms with Gasteiger partial charge in [-0.1, -0.05) is 0 Å². The van der Waals surface area contributed by atoms with Gasteiger partial charge in [0.05, 0.1) is 12.7 Å². The van der Waals surface area contributed by atoms with Crippen LogP contribution in [0.25, 0.3) is 0 Å². The fourth-order valence-corrected chi connectivity index (χ4v) is 4.52. The maximum absolute atomic E-state index is 4.63. The Kier molecular flexibility index (Phi) is 5.88. The van der Waals surface area contributed by atoms with Crippen LogP contribution in [-0.4, -0.2) is 60.5 Å². The van der Waals surface area contributed by atoms with Crippen LogP contribution in [0.2, 0.25) is 0 Å². The van der Waals surface area contributed by atoms with Crippen molar-refractivity contribution in [3.8, 4) is 0 Å². The summed E-state index contributed by atoms with van der Waals surface area (Å²) in [5, 5.41) is 13.6. The smallest absolute Gasteiger partial charge is 0.147 e. The highest BCUT2D eigenvalue weighted by molar-refractivity contribution is 5.07. The Bertz CT molecular complexity index is 721. The second-order valence-corrected chi connectivity index (χ2v) is 7.96. The van der Waals surface area contributed by atoms with Gasteiger partial charge in [0.1, 0.15) is 11.6 Å². The molecule has 0 unspecified atom stereocenters. The molecule has 7 heteroatoms. The Morgan fingerprint density at radius 1 is 0.926 bits per heavy atom. The number of likely N-dealkylation sites (tertiary alicyclic amines) is 2. The Morgan fingerprint density at radius 3 is 2.33 bits per heavy atom. The number of aryl methyl sites for hydroxylation is 1. The van der Waals surface area contributed by atoms with Crippen LogP contribution in [0.15, 0.2) is 12.4 Å². The van der Waals surface area contributed by atoms with Crippen molar-refractivity contribution in [1.82, 2.24) is 34.3 Å². The molecule has 0 bridgehead atoms. The first-order chi connectivity index (χ1) is 13.3. The van der Waals surface area contributed by atoms with E-state index in [0.717, 1.165) is 45.1 Å². The largest absolute Gasteiger partial charge is 0.314 e. The Hall–Kier alpha value is -1.73. The lowest BCUT2D eigenvalue weighted by Crippen LogP contribution is -2.33. The molecule has 4 rings (SSSR count). The number of rotatable bonds is 7. The van der Waals surface area contributed by atoms with Crippen molar-refractivity contribution in [1.29, 1.82) is 0 Å². The Balaban J connectivity index is 1.35. The van der Waals surface area contributed by atoms with E-state index in [1.165, 1.54) is 50.2 Å². The molecular formula is C20H33N7. The van der Waals surface area contributed by atoms with Gasteiger partial charge in [-0.15, -0.1) is 10.2 Å². The van der Waals surface area contributed by atoms with Crippen LogP contribution in [0.1, 0.15) is 62.7 Å². The van der Waals surface area contributed by atoms with E-state index < -0.39 is 0 Å². The molecule has 2 aromatic rings. The molecule has 2 aliphatic rings. The monoisotopic (exact) mass is 371 g/mol. The number of piperidine rings is 1. The van der Waals surface area contributed by atoms with Crippen LogP contribution in [0, 0.1) is 0 Å². The minimum atomic E-state index is 0.541. The van der Waals surface area contributed by atoms with Crippen molar-refractivity contribution in [2.75, 3.05) is 26.2 Å². The van der Waals surface area contributed by atoms with Crippen LogP contribution in [-0.2, 0) is 26.2 Å². The van der Waals surface area contributed by atoms with Crippen LogP contribution in [0.5, 0.6) is 0 Å². The first kappa shape index (κ1) is 18.6. The quantitative estimate of drug-likeness (QED) is 0.748. The second kappa shape index (κ2) is 8.52. The first-order valence-corrected chi connectivity index (χ1v) is 10.6. The molecule has 2 saturated heterocycles. The first-order valence-electron chi connectivity index (χ1n) is 10.6. The molecule has 2 fully saturated rings. The molecule has 27 heavy (non-hydrogen) atoms. The van der Waals surface area contributed by atoms with Crippen molar-refractivity contribution in [3.05, 3.63) is 29.6 Å². The average Bonchev–Trinajstić information content (AvgIpc) is 3.44. The normalized spacial score (nSPS) is 19.9. The molecule has 148 valence electrons. The van der Waals surface area contributed by atoms with Crippen LogP contribution >= 0.6 is 0 Å². The fourth-order valence-electron chi connectivity index (χ4n) is 4.52. The van der Waals surface area contributed by atoms with Crippen LogP contribution in [0.4, 0.5) is 0 Å². The molecule has 0 aliphatic carbocycles. The van der Waals surface area contributed by atoms with E-state index in [9.17, 15) is 0 Å². The summed E-state index contributed by atoms with van der Waals surface area (Å²) >= 11 is 0. The summed E-state index contributed by atoms with van der Waals surface area (Å²) in [6.07, 6.45) is 9.16. The number of hydrogen-bond donors (Lipinski definition) is 0. The summed E-state index contributed by atoms with van der Waals surface area (Å²) in [5.74, 6) is 2.91. The zero-order valence-electron chi connectivity index (χ0n) is 16.8. The number of hydrogen-bond acceptors (Lipinski definition) is 5. The predicted molar refractivity (Wildman–Crippen MR) is 105 cm³/mol. The third-order valence-corrected chi connectivity index (χ3v) is 6.11. The lowest BCUT2D eigenvalue weighted by Gasteiger charge is -2.31. The van der Waals surface area contributed by atoms with Gasteiger partial charge in [0, 0.05) is 37.3 Å². The molecule has 2 aliphatic heterocycles. The summed E-state index contributed by atoms with van der Waals surface area (Å²) in [6, 6.07) is 0. The molecule has 0 saturated carbocycles. The standard InChI is InChI=1S/C20H33N7/c1-3-26-15-17(13-21-26)14-25-11-7-18(8-12-25)20-23-22-19(27(20)4-2)16-24-9-5-6-10-24/h13,15,18H,3-12,14,16H2,1-2H3. The molecule has 0 atom stereocenters. The summed E-state index contributed by atoms with van der Waals surface area (Å²) in [4.78, 5) is 5.06. The summed E-state index contributed by atoms with van der Waals surface area (Å²) < 4.78 is 4.39. The van der Waals surface area contributed by atoms with Gasteiger partial charge in [0.15, 0.2) is 0 Å². The lowest BCUT2D eigenvalue weighted by atomic mass is 9.95.